The third-order valence-electron chi connectivity index (χ3n) is 5.07. The van der Waals surface area contributed by atoms with E-state index in [1.165, 1.54) is 11.4 Å². The molecule has 2 rings (SSSR count). The molecule has 2 amide bonds. The molecule has 0 spiro atoms. The van der Waals surface area contributed by atoms with Crippen molar-refractivity contribution >= 4 is 22.2 Å². The highest BCUT2D eigenvalue weighted by atomic mass is 32.2. The van der Waals surface area contributed by atoms with Crippen molar-refractivity contribution in [2.24, 2.45) is 0 Å². The molecule has 28 heavy (non-hydrogen) atoms. The Hall–Kier alpha value is -1.39. The zero-order valence-electron chi connectivity index (χ0n) is 17.7. The van der Waals surface area contributed by atoms with Gasteiger partial charge in [0, 0.05) is 45.8 Å². The van der Waals surface area contributed by atoms with Crippen LogP contribution in [0.2, 0.25) is 0 Å². The van der Waals surface area contributed by atoms with E-state index in [0.29, 0.717) is 32.7 Å². The maximum atomic E-state index is 12.8. The topological polar surface area (TPSA) is 90.5 Å². The number of hydrogen-bond acceptors (Lipinski definition) is 5. The van der Waals surface area contributed by atoms with Crippen LogP contribution in [0.25, 0.3) is 0 Å². The average molecular weight is 419 g/mol. The molecule has 9 nitrogen and oxygen atoms in total. The summed E-state index contributed by atoms with van der Waals surface area (Å²) in [6, 6.07) is -0.0475. The van der Waals surface area contributed by atoms with Gasteiger partial charge in [0.05, 0.1) is 6.54 Å². The highest BCUT2D eigenvalue weighted by molar-refractivity contribution is 7.86. The summed E-state index contributed by atoms with van der Waals surface area (Å²) in [6.07, 6.45) is 2.32. The summed E-state index contributed by atoms with van der Waals surface area (Å²) >= 11 is 0. The first-order chi connectivity index (χ1) is 12.9. The molecule has 2 saturated heterocycles. The van der Waals surface area contributed by atoms with Gasteiger partial charge in [-0.3, -0.25) is 4.79 Å². The Labute approximate surface area is 168 Å². The van der Waals surface area contributed by atoms with Crippen LogP contribution in [0, 0.1) is 0 Å². The quantitative estimate of drug-likeness (QED) is 0.682. The Bertz CT molecular complexity index is 668. The Morgan fingerprint density at radius 1 is 1.04 bits per heavy atom. The highest BCUT2D eigenvalue weighted by Gasteiger charge is 2.35. The normalized spacial score (nSPS) is 22.4. The predicted molar refractivity (Wildman–Crippen MR) is 106 cm³/mol. The zero-order valence-corrected chi connectivity index (χ0v) is 18.5. The Morgan fingerprint density at radius 3 is 2.14 bits per heavy atom. The minimum absolute atomic E-state index is 0.0475. The molecule has 0 aromatic heterocycles. The van der Waals surface area contributed by atoms with E-state index in [-0.39, 0.29) is 18.5 Å². The van der Waals surface area contributed by atoms with Crippen LogP contribution in [0.3, 0.4) is 0 Å². The van der Waals surface area contributed by atoms with E-state index in [4.69, 9.17) is 4.74 Å². The van der Waals surface area contributed by atoms with Crippen molar-refractivity contribution in [2.75, 3.05) is 46.3 Å². The highest BCUT2D eigenvalue weighted by Crippen LogP contribution is 2.21. The zero-order chi connectivity index (χ0) is 21.1. The summed E-state index contributed by atoms with van der Waals surface area (Å²) in [5.74, 6) is -0.250. The van der Waals surface area contributed by atoms with E-state index in [2.05, 4.69) is 0 Å². The fraction of sp³-hybridized carbons (Fsp3) is 0.889. The summed E-state index contributed by atoms with van der Waals surface area (Å²) in [6.45, 7) is 9.12. The molecule has 10 heteroatoms. The molecule has 2 aliphatic rings. The third kappa shape index (κ3) is 5.81. The maximum Gasteiger partial charge on any atom is 0.410 e. The van der Waals surface area contributed by atoms with Crippen LogP contribution in [0.4, 0.5) is 4.79 Å². The van der Waals surface area contributed by atoms with Crippen molar-refractivity contribution in [3.63, 3.8) is 0 Å². The van der Waals surface area contributed by atoms with Gasteiger partial charge in [0.15, 0.2) is 0 Å². The van der Waals surface area contributed by atoms with Crippen molar-refractivity contribution in [3.05, 3.63) is 0 Å². The molecule has 1 atom stereocenters. The first-order valence-corrected chi connectivity index (χ1v) is 11.3. The first-order valence-electron chi connectivity index (χ1n) is 9.90. The molecule has 0 N–H and O–H groups in total. The van der Waals surface area contributed by atoms with Gasteiger partial charge < -0.3 is 14.5 Å². The van der Waals surface area contributed by atoms with Gasteiger partial charge in [0.2, 0.25) is 5.91 Å². The molecule has 0 aliphatic carbocycles. The van der Waals surface area contributed by atoms with E-state index in [1.54, 1.807) is 9.80 Å². The van der Waals surface area contributed by atoms with Gasteiger partial charge in [0.1, 0.15) is 5.60 Å². The van der Waals surface area contributed by atoms with Gasteiger partial charge in [0.25, 0.3) is 10.2 Å². The fourth-order valence-corrected chi connectivity index (χ4v) is 4.98. The minimum atomic E-state index is -3.65. The number of carbonyl (C=O) groups is 2. The lowest BCUT2D eigenvalue weighted by Gasteiger charge is -2.37. The van der Waals surface area contributed by atoms with Crippen LogP contribution in [0.5, 0.6) is 0 Å². The molecule has 0 aromatic rings. The molecular weight excluding hydrogens is 384 g/mol. The SMILES string of the molecule is C[C@H]1CCCCN1S(=O)(=O)N(C)CC(=O)N1CCN(C(=O)OC(C)(C)C)CC1. The molecule has 0 aromatic carbocycles. The molecule has 0 saturated carbocycles. The third-order valence-corrected chi connectivity index (χ3v) is 7.13. The minimum Gasteiger partial charge on any atom is -0.444 e. The second kappa shape index (κ2) is 8.96. The molecule has 0 bridgehead atoms. The summed E-state index contributed by atoms with van der Waals surface area (Å²) in [7, 11) is -2.20. The van der Waals surface area contributed by atoms with Gasteiger partial charge in [-0.25, -0.2) is 4.79 Å². The molecular formula is C18H34N4O5S. The van der Waals surface area contributed by atoms with Crippen molar-refractivity contribution in [1.82, 2.24) is 18.4 Å². The van der Waals surface area contributed by atoms with Crippen molar-refractivity contribution in [1.29, 1.82) is 0 Å². The number of hydrogen-bond donors (Lipinski definition) is 0. The standard InChI is InChI=1S/C18H34N4O5S/c1-15-8-6-7-9-22(15)28(25,26)19(5)14-16(23)20-10-12-21(13-11-20)17(24)27-18(2,3)4/h15H,6-14H2,1-5H3/t15-/m0/s1. The average Bonchev–Trinajstić information content (AvgIpc) is 2.60. The second-order valence-electron chi connectivity index (χ2n) is 8.57. The van der Waals surface area contributed by atoms with E-state index in [9.17, 15) is 18.0 Å². The summed E-state index contributed by atoms with van der Waals surface area (Å²) < 4.78 is 33.6. The van der Waals surface area contributed by atoms with E-state index in [0.717, 1.165) is 23.6 Å². The lowest BCUT2D eigenvalue weighted by molar-refractivity contribution is -0.133. The second-order valence-corrected chi connectivity index (χ2v) is 10.6. The lowest BCUT2D eigenvalue weighted by atomic mass is 10.1. The number of nitrogens with zero attached hydrogens (tertiary/aromatic N) is 4. The van der Waals surface area contributed by atoms with Gasteiger partial charge in [-0.1, -0.05) is 6.42 Å². The van der Waals surface area contributed by atoms with Crippen LogP contribution in [-0.2, 0) is 19.7 Å². The molecule has 162 valence electrons. The Balaban J connectivity index is 1.87. The van der Waals surface area contributed by atoms with E-state index >= 15 is 0 Å². The Morgan fingerprint density at radius 2 is 1.61 bits per heavy atom. The molecule has 0 unspecified atom stereocenters. The smallest absolute Gasteiger partial charge is 0.410 e. The van der Waals surface area contributed by atoms with E-state index < -0.39 is 21.9 Å². The summed E-state index contributed by atoms with van der Waals surface area (Å²) in [4.78, 5) is 27.9. The number of carbonyl (C=O) groups excluding carboxylic acids is 2. The molecule has 2 aliphatic heterocycles. The molecule has 0 radical (unpaired) electrons. The lowest BCUT2D eigenvalue weighted by Crippen LogP contribution is -2.55. The van der Waals surface area contributed by atoms with Crippen LogP contribution < -0.4 is 0 Å². The molecule has 2 fully saturated rings. The van der Waals surface area contributed by atoms with Gasteiger partial charge >= 0.3 is 6.09 Å². The van der Waals surface area contributed by atoms with Crippen LogP contribution in [0.1, 0.15) is 47.0 Å². The van der Waals surface area contributed by atoms with Crippen LogP contribution in [0.15, 0.2) is 0 Å². The number of rotatable bonds is 4. The monoisotopic (exact) mass is 418 g/mol. The van der Waals surface area contributed by atoms with Crippen molar-refractivity contribution in [2.45, 2.75) is 58.6 Å². The van der Waals surface area contributed by atoms with Crippen molar-refractivity contribution in [3.8, 4) is 0 Å². The predicted octanol–water partition coefficient (Wildman–Crippen LogP) is 1.12. The summed E-state index contributed by atoms with van der Waals surface area (Å²) in [5, 5.41) is 0. The molecule has 2 heterocycles. The number of likely N-dealkylation sites (N-methyl/N-ethyl adjacent to an activating group) is 1. The fourth-order valence-electron chi connectivity index (χ4n) is 3.43. The Kier molecular flexibility index (Phi) is 7.33. The van der Waals surface area contributed by atoms with Crippen LogP contribution >= 0.6 is 0 Å². The summed E-state index contributed by atoms with van der Waals surface area (Å²) in [5.41, 5.74) is -0.563. The number of ether oxygens (including phenoxy) is 1. The largest absolute Gasteiger partial charge is 0.444 e. The van der Waals surface area contributed by atoms with E-state index in [1.807, 2.05) is 27.7 Å². The number of piperazine rings is 1. The van der Waals surface area contributed by atoms with Crippen LogP contribution in [-0.4, -0.2) is 96.8 Å². The van der Waals surface area contributed by atoms with Gasteiger partial charge in [-0.15, -0.1) is 0 Å². The number of amides is 2. The number of piperidine rings is 1. The maximum absolute atomic E-state index is 12.8. The van der Waals surface area contributed by atoms with Gasteiger partial charge in [-0.2, -0.15) is 17.0 Å². The first kappa shape index (κ1) is 22.9. The van der Waals surface area contributed by atoms with Crippen molar-refractivity contribution < 1.29 is 22.7 Å². The van der Waals surface area contributed by atoms with Gasteiger partial charge in [-0.05, 0) is 40.5 Å².